The number of amides is 1. The van der Waals surface area contributed by atoms with Crippen LogP contribution in [0.4, 0.5) is 0 Å². The summed E-state index contributed by atoms with van der Waals surface area (Å²) in [5.74, 6) is 0.140. The highest BCUT2D eigenvalue weighted by Gasteiger charge is 2.28. The molecule has 0 bridgehead atoms. The van der Waals surface area contributed by atoms with Gasteiger partial charge in [-0.05, 0) is 19.1 Å². The molecule has 0 spiro atoms. The Morgan fingerprint density at radius 1 is 1.33 bits per heavy atom. The Kier molecular flexibility index (Phi) is 3.72. The van der Waals surface area contributed by atoms with Crippen molar-refractivity contribution >= 4 is 32.9 Å². The van der Waals surface area contributed by atoms with Crippen LogP contribution in [0, 0.1) is 0 Å². The molecule has 0 unspecified atom stereocenters. The summed E-state index contributed by atoms with van der Waals surface area (Å²) in [6.45, 7) is 2.21. The molecule has 1 aromatic carbocycles. The minimum absolute atomic E-state index is 0.107. The highest BCUT2D eigenvalue weighted by Crippen LogP contribution is 2.22. The van der Waals surface area contributed by atoms with Crippen molar-refractivity contribution in [2.24, 2.45) is 4.40 Å². The Balaban J connectivity index is 2.36. The molecule has 2 rings (SSSR count). The summed E-state index contributed by atoms with van der Waals surface area (Å²) < 4.78 is 27.8. The number of hydrogen-bond acceptors (Lipinski definition) is 4. The molecule has 18 heavy (non-hydrogen) atoms. The van der Waals surface area contributed by atoms with E-state index >= 15 is 0 Å². The number of thioether (sulfide) groups is 1. The number of benzene rings is 1. The Morgan fingerprint density at radius 2 is 2.00 bits per heavy atom. The average molecular weight is 284 g/mol. The van der Waals surface area contributed by atoms with Gasteiger partial charge in [-0.15, -0.1) is 4.40 Å². The first-order valence-corrected chi connectivity index (χ1v) is 7.80. The summed E-state index contributed by atoms with van der Waals surface area (Å²) in [6.07, 6.45) is 0. The van der Waals surface area contributed by atoms with Gasteiger partial charge in [0.25, 0.3) is 10.0 Å². The number of sulfonamides is 1. The number of hydrogen-bond donors (Lipinski definition) is 0. The van der Waals surface area contributed by atoms with Crippen molar-refractivity contribution in [1.82, 2.24) is 4.90 Å². The third-order valence-electron chi connectivity index (χ3n) is 2.41. The van der Waals surface area contributed by atoms with Crippen molar-refractivity contribution in [3.05, 3.63) is 30.3 Å². The lowest BCUT2D eigenvalue weighted by molar-refractivity contribution is -0.123. The van der Waals surface area contributed by atoms with Crippen molar-refractivity contribution in [2.75, 3.05) is 12.3 Å². The number of amidine groups is 1. The molecule has 1 amide bonds. The van der Waals surface area contributed by atoms with Crippen LogP contribution in [0.1, 0.15) is 6.92 Å². The third kappa shape index (κ3) is 2.56. The van der Waals surface area contributed by atoms with Gasteiger partial charge in [0.15, 0.2) is 5.17 Å². The summed E-state index contributed by atoms with van der Waals surface area (Å²) in [7, 11) is -3.74. The summed E-state index contributed by atoms with van der Waals surface area (Å²) in [4.78, 5) is 13.0. The van der Waals surface area contributed by atoms with Gasteiger partial charge in [-0.1, -0.05) is 30.0 Å². The number of carbonyl (C=O) groups excluding carboxylic acids is 1. The van der Waals surface area contributed by atoms with Gasteiger partial charge in [-0.3, -0.25) is 9.69 Å². The van der Waals surface area contributed by atoms with Crippen molar-refractivity contribution in [2.45, 2.75) is 11.8 Å². The predicted molar refractivity (Wildman–Crippen MR) is 70.9 cm³/mol. The van der Waals surface area contributed by atoms with Crippen molar-refractivity contribution in [1.29, 1.82) is 0 Å². The number of rotatable bonds is 3. The lowest BCUT2D eigenvalue weighted by Gasteiger charge is -2.12. The summed E-state index contributed by atoms with van der Waals surface area (Å²) >= 11 is 1.15. The van der Waals surface area contributed by atoms with E-state index in [9.17, 15) is 13.2 Å². The molecule has 0 N–H and O–H groups in total. The predicted octanol–water partition coefficient (Wildman–Crippen LogP) is 1.33. The molecule has 96 valence electrons. The molecule has 1 aromatic rings. The van der Waals surface area contributed by atoms with Gasteiger partial charge in [-0.2, -0.15) is 8.42 Å². The molecule has 5 nitrogen and oxygen atoms in total. The van der Waals surface area contributed by atoms with Crippen LogP contribution in [-0.4, -0.2) is 36.7 Å². The van der Waals surface area contributed by atoms with E-state index in [1.54, 1.807) is 25.1 Å². The van der Waals surface area contributed by atoms with Crippen molar-refractivity contribution < 1.29 is 13.2 Å². The first-order chi connectivity index (χ1) is 8.54. The Hall–Kier alpha value is -1.34. The van der Waals surface area contributed by atoms with Crippen molar-refractivity contribution in [3.8, 4) is 0 Å². The smallest absolute Gasteiger partial charge is 0.284 e. The maximum atomic E-state index is 12.0. The molecule has 1 aliphatic heterocycles. The monoisotopic (exact) mass is 284 g/mol. The molecule has 1 fully saturated rings. The van der Waals surface area contributed by atoms with Gasteiger partial charge in [0.2, 0.25) is 5.91 Å². The molecule has 1 aliphatic rings. The van der Waals surface area contributed by atoms with E-state index in [0.29, 0.717) is 6.54 Å². The lowest BCUT2D eigenvalue weighted by Crippen LogP contribution is -2.29. The van der Waals surface area contributed by atoms with Crippen LogP contribution in [0.15, 0.2) is 39.6 Å². The lowest BCUT2D eigenvalue weighted by atomic mass is 10.4. The van der Waals surface area contributed by atoms with E-state index in [4.69, 9.17) is 0 Å². The molecular formula is C11H12N2O3S2. The van der Waals surface area contributed by atoms with Crippen LogP contribution in [0.2, 0.25) is 0 Å². The van der Waals surface area contributed by atoms with Crippen molar-refractivity contribution in [3.63, 3.8) is 0 Å². The van der Waals surface area contributed by atoms with Gasteiger partial charge in [0.05, 0.1) is 10.6 Å². The van der Waals surface area contributed by atoms with Gasteiger partial charge >= 0.3 is 0 Å². The minimum atomic E-state index is -3.74. The molecule has 0 radical (unpaired) electrons. The van der Waals surface area contributed by atoms with E-state index in [1.165, 1.54) is 17.0 Å². The van der Waals surface area contributed by atoms with Crippen LogP contribution >= 0.6 is 11.8 Å². The van der Waals surface area contributed by atoms with Gasteiger partial charge in [-0.25, -0.2) is 0 Å². The Bertz CT molecular complexity index is 582. The molecule has 0 saturated carbocycles. The van der Waals surface area contributed by atoms with Crippen LogP contribution in [0.3, 0.4) is 0 Å². The van der Waals surface area contributed by atoms with Gasteiger partial charge in [0, 0.05) is 6.54 Å². The number of carbonyl (C=O) groups is 1. The fraction of sp³-hybridized carbons (Fsp3) is 0.273. The topological polar surface area (TPSA) is 66.8 Å². The standard InChI is InChI=1S/C11H12N2O3S2/c1-2-13-10(14)8-17-11(13)12-18(15,16)9-6-4-3-5-7-9/h3-7H,2,8H2,1H3/b12-11+. The zero-order valence-electron chi connectivity index (χ0n) is 9.74. The normalized spacial score (nSPS) is 18.6. The zero-order chi connectivity index (χ0) is 13.2. The maximum Gasteiger partial charge on any atom is 0.284 e. The molecular weight excluding hydrogens is 272 g/mol. The van der Waals surface area contributed by atoms with E-state index < -0.39 is 10.0 Å². The second-order valence-corrected chi connectivity index (χ2v) is 6.14. The van der Waals surface area contributed by atoms with E-state index in [0.717, 1.165) is 11.8 Å². The molecule has 1 heterocycles. The van der Waals surface area contributed by atoms with Crippen LogP contribution in [0.25, 0.3) is 0 Å². The number of nitrogens with zero attached hydrogens (tertiary/aromatic N) is 2. The zero-order valence-corrected chi connectivity index (χ0v) is 11.4. The molecule has 1 saturated heterocycles. The fourth-order valence-corrected chi connectivity index (χ4v) is 3.74. The Labute approximate surface area is 110 Å². The highest BCUT2D eigenvalue weighted by molar-refractivity contribution is 8.15. The van der Waals surface area contributed by atoms with E-state index in [1.807, 2.05) is 0 Å². The minimum Gasteiger partial charge on any atom is -0.290 e. The second-order valence-electron chi connectivity index (χ2n) is 3.59. The summed E-state index contributed by atoms with van der Waals surface area (Å²) in [5, 5.41) is 0.256. The quantitative estimate of drug-likeness (QED) is 0.839. The van der Waals surface area contributed by atoms with Gasteiger partial charge < -0.3 is 0 Å². The first kappa shape index (κ1) is 13.1. The average Bonchev–Trinajstić information content (AvgIpc) is 2.70. The Morgan fingerprint density at radius 3 is 2.61 bits per heavy atom. The maximum absolute atomic E-state index is 12.0. The molecule has 0 aromatic heterocycles. The molecule has 0 aliphatic carbocycles. The third-order valence-corrected chi connectivity index (χ3v) is 4.77. The van der Waals surface area contributed by atoms with Crippen LogP contribution < -0.4 is 0 Å². The largest absolute Gasteiger partial charge is 0.290 e. The van der Waals surface area contributed by atoms with E-state index in [2.05, 4.69) is 4.40 Å². The van der Waals surface area contributed by atoms with Gasteiger partial charge in [0.1, 0.15) is 0 Å². The molecule has 0 atom stereocenters. The summed E-state index contributed by atoms with van der Waals surface area (Å²) in [5.41, 5.74) is 0. The summed E-state index contributed by atoms with van der Waals surface area (Å²) in [6, 6.07) is 7.97. The fourth-order valence-electron chi connectivity index (χ4n) is 1.52. The highest BCUT2D eigenvalue weighted by atomic mass is 32.2. The first-order valence-electron chi connectivity index (χ1n) is 5.38. The van der Waals surface area contributed by atoms with E-state index in [-0.39, 0.29) is 21.7 Å². The molecule has 7 heteroatoms. The SMILES string of the molecule is CCN1C(=O)CS/C1=N/S(=O)(=O)c1ccccc1. The van der Waals surface area contributed by atoms with Crippen LogP contribution in [0.5, 0.6) is 0 Å². The second kappa shape index (κ2) is 5.11. The van der Waals surface area contributed by atoms with Crippen LogP contribution in [-0.2, 0) is 14.8 Å².